The Morgan fingerprint density at radius 2 is 1.45 bits per heavy atom. The molecule has 0 N–H and O–H groups in total. The normalized spacial score (nSPS) is 11.1. The van der Waals surface area contributed by atoms with Crippen molar-refractivity contribution >= 4 is 22.0 Å². The van der Waals surface area contributed by atoms with Crippen LogP contribution in [0.3, 0.4) is 0 Å². The van der Waals surface area contributed by atoms with Gasteiger partial charge in [0.25, 0.3) is 0 Å². The Kier molecular flexibility index (Phi) is 8.99. The van der Waals surface area contributed by atoms with E-state index in [1.807, 2.05) is 0 Å². The van der Waals surface area contributed by atoms with E-state index in [0.29, 0.717) is 0 Å². The summed E-state index contributed by atoms with van der Waals surface area (Å²) in [6, 6.07) is 12.2. The third kappa shape index (κ3) is 8.37. The van der Waals surface area contributed by atoms with Gasteiger partial charge in [0.05, 0.1) is 18.8 Å². The molecule has 1 amide bonds. The minimum Gasteiger partial charge on any atom is -0.466 e. The van der Waals surface area contributed by atoms with Gasteiger partial charge in [-0.1, -0.05) is 24.3 Å². The molecule has 0 fully saturated rings. The van der Waals surface area contributed by atoms with Crippen molar-refractivity contribution < 1.29 is 31.3 Å². The summed E-state index contributed by atoms with van der Waals surface area (Å²) >= 11 is 0. The van der Waals surface area contributed by atoms with Crippen LogP contribution >= 0.6 is 0 Å². The molecule has 31 heavy (non-hydrogen) atoms. The highest BCUT2D eigenvalue weighted by Gasteiger charge is 2.17. The molecule has 0 heterocycles. The number of esters is 1. The van der Waals surface area contributed by atoms with Gasteiger partial charge in [0.2, 0.25) is 5.91 Å². The van der Waals surface area contributed by atoms with Crippen LogP contribution in [0, 0.1) is 5.82 Å². The van der Waals surface area contributed by atoms with Crippen molar-refractivity contribution in [3.05, 3.63) is 65.5 Å². The first-order chi connectivity index (χ1) is 14.7. The van der Waals surface area contributed by atoms with E-state index in [-0.39, 0.29) is 55.8 Å². The van der Waals surface area contributed by atoms with Gasteiger partial charge < -0.3 is 13.8 Å². The molecule has 0 spiro atoms. The molecular formula is C22H26FNO6S. The van der Waals surface area contributed by atoms with Gasteiger partial charge in [0.15, 0.2) is 0 Å². The molecule has 7 nitrogen and oxygen atoms in total. The smallest absolute Gasteiger partial charge is 0.308 e. The largest absolute Gasteiger partial charge is 0.466 e. The van der Waals surface area contributed by atoms with E-state index in [4.69, 9.17) is 8.92 Å². The molecule has 0 bridgehead atoms. The second-order valence-electron chi connectivity index (χ2n) is 6.75. The fourth-order valence-corrected chi connectivity index (χ4v) is 3.24. The predicted molar refractivity (Wildman–Crippen MR) is 113 cm³/mol. The lowest BCUT2D eigenvalue weighted by atomic mass is 10.1. The molecule has 0 aliphatic rings. The predicted octanol–water partition coefficient (Wildman–Crippen LogP) is 3.43. The first-order valence-electron chi connectivity index (χ1n) is 9.91. The number of halogens is 1. The van der Waals surface area contributed by atoms with Crippen molar-refractivity contribution in [1.29, 1.82) is 0 Å². The Morgan fingerprint density at radius 1 is 0.903 bits per heavy atom. The van der Waals surface area contributed by atoms with Gasteiger partial charge in [-0.2, -0.15) is 8.42 Å². The van der Waals surface area contributed by atoms with Crippen molar-refractivity contribution in [3.8, 4) is 5.75 Å². The number of nitrogens with zero attached hydrogens (tertiary/aromatic N) is 1. The summed E-state index contributed by atoms with van der Waals surface area (Å²) in [6.45, 7) is 3.87. The van der Waals surface area contributed by atoms with Gasteiger partial charge in [-0.05, 0) is 49.2 Å². The summed E-state index contributed by atoms with van der Waals surface area (Å²) in [6.07, 6.45) is -0.0514. The lowest BCUT2D eigenvalue weighted by Crippen LogP contribution is -2.30. The molecule has 9 heteroatoms. The van der Waals surface area contributed by atoms with Gasteiger partial charge in [-0.3, -0.25) is 9.59 Å². The molecule has 168 valence electrons. The van der Waals surface area contributed by atoms with Gasteiger partial charge in [0.1, 0.15) is 11.6 Å². The number of ether oxygens (including phenoxy) is 1. The number of carbonyl (C=O) groups is 2. The van der Waals surface area contributed by atoms with E-state index in [0.717, 1.165) is 11.1 Å². The highest BCUT2D eigenvalue weighted by molar-refractivity contribution is 7.87. The van der Waals surface area contributed by atoms with E-state index in [1.165, 1.54) is 31.2 Å². The van der Waals surface area contributed by atoms with Crippen LogP contribution < -0.4 is 4.18 Å². The molecule has 0 atom stereocenters. The Balaban J connectivity index is 2.12. The second-order valence-corrected chi connectivity index (χ2v) is 8.61. The topological polar surface area (TPSA) is 90.0 Å². The third-order valence-electron chi connectivity index (χ3n) is 4.36. The molecule has 2 rings (SSSR count). The Bertz CT molecular complexity index is 974. The number of amides is 1. The highest BCUT2D eigenvalue weighted by Crippen LogP contribution is 2.18. The van der Waals surface area contributed by atoms with Crippen molar-refractivity contribution in [2.45, 2.75) is 39.8 Å². The Hall–Kier alpha value is -2.94. The van der Waals surface area contributed by atoms with E-state index in [2.05, 4.69) is 0 Å². The van der Waals surface area contributed by atoms with E-state index >= 15 is 0 Å². The van der Waals surface area contributed by atoms with Crippen LogP contribution in [0.25, 0.3) is 0 Å². The van der Waals surface area contributed by atoms with Gasteiger partial charge in [0, 0.05) is 19.5 Å². The summed E-state index contributed by atoms with van der Waals surface area (Å²) in [5.74, 6) is -1.04. The van der Waals surface area contributed by atoms with E-state index < -0.39 is 16.1 Å². The fraction of sp³-hybridized carbons (Fsp3) is 0.364. The summed E-state index contributed by atoms with van der Waals surface area (Å²) in [5.41, 5.74) is 1.48. The maximum Gasteiger partial charge on any atom is 0.308 e. The molecule has 0 aliphatic heterocycles. The van der Waals surface area contributed by atoms with Crippen LogP contribution in [0.2, 0.25) is 0 Å². The number of rotatable bonds is 11. The molecule has 0 aromatic heterocycles. The molecule has 2 aromatic carbocycles. The van der Waals surface area contributed by atoms with Crippen molar-refractivity contribution in [1.82, 2.24) is 4.90 Å². The SMILES string of the molecule is CCOC(=O)CCC(=O)N(Cc1ccc(F)cc1)Cc1ccc(OS(=O)(=O)CC)cc1. The minimum absolute atomic E-state index is 0.0179. The molecule has 0 saturated heterocycles. The van der Waals surface area contributed by atoms with Crippen LogP contribution in [-0.4, -0.2) is 37.6 Å². The fourth-order valence-electron chi connectivity index (χ4n) is 2.72. The molecule has 0 radical (unpaired) electrons. The van der Waals surface area contributed by atoms with E-state index in [1.54, 1.807) is 36.1 Å². The van der Waals surface area contributed by atoms with Crippen LogP contribution in [0.4, 0.5) is 4.39 Å². The number of hydrogen-bond acceptors (Lipinski definition) is 6. The monoisotopic (exact) mass is 451 g/mol. The highest BCUT2D eigenvalue weighted by atomic mass is 32.2. The first-order valence-corrected chi connectivity index (χ1v) is 11.5. The van der Waals surface area contributed by atoms with Crippen LogP contribution in [0.1, 0.15) is 37.8 Å². The number of hydrogen-bond donors (Lipinski definition) is 0. The zero-order valence-corrected chi connectivity index (χ0v) is 18.4. The maximum absolute atomic E-state index is 13.2. The molecular weight excluding hydrogens is 425 g/mol. The van der Waals surface area contributed by atoms with Crippen molar-refractivity contribution in [2.24, 2.45) is 0 Å². The molecule has 0 unspecified atom stereocenters. The van der Waals surface area contributed by atoms with Gasteiger partial charge in [-0.15, -0.1) is 0 Å². The van der Waals surface area contributed by atoms with Crippen LogP contribution in [0.15, 0.2) is 48.5 Å². The second kappa shape index (κ2) is 11.5. The third-order valence-corrected chi connectivity index (χ3v) is 5.51. The molecule has 0 saturated carbocycles. The summed E-state index contributed by atoms with van der Waals surface area (Å²) in [7, 11) is -3.63. The Labute approximate surface area is 181 Å². The zero-order chi connectivity index (χ0) is 22.9. The van der Waals surface area contributed by atoms with Gasteiger partial charge >= 0.3 is 16.1 Å². The van der Waals surface area contributed by atoms with Crippen LogP contribution in [0.5, 0.6) is 5.75 Å². The average molecular weight is 452 g/mol. The number of carbonyl (C=O) groups excluding carboxylic acids is 2. The quantitative estimate of drug-likeness (QED) is 0.384. The van der Waals surface area contributed by atoms with Crippen molar-refractivity contribution in [3.63, 3.8) is 0 Å². The first kappa shape index (κ1) is 24.3. The average Bonchev–Trinajstić information content (AvgIpc) is 2.74. The summed E-state index contributed by atoms with van der Waals surface area (Å²) in [4.78, 5) is 25.9. The van der Waals surface area contributed by atoms with Gasteiger partial charge in [-0.25, -0.2) is 4.39 Å². The molecule has 0 aliphatic carbocycles. The standard InChI is InChI=1S/C22H26FNO6S/c1-3-29-22(26)14-13-21(25)24(15-17-5-9-19(23)10-6-17)16-18-7-11-20(12-8-18)30-31(27,28)4-2/h5-12H,3-4,13-16H2,1-2H3. The van der Waals surface area contributed by atoms with E-state index in [9.17, 15) is 22.4 Å². The van der Waals surface area contributed by atoms with Crippen molar-refractivity contribution in [2.75, 3.05) is 12.4 Å². The minimum atomic E-state index is -3.63. The summed E-state index contributed by atoms with van der Waals surface area (Å²) < 4.78 is 46.2. The Morgan fingerprint density at radius 3 is 1.97 bits per heavy atom. The van der Waals surface area contributed by atoms with Crippen LogP contribution in [-0.2, 0) is 37.5 Å². The zero-order valence-electron chi connectivity index (χ0n) is 17.5. The number of benzene rings is 2. The molecule has 2 aromatic rings. The maximum atomic E-state index is 13.2. The lowest BCUT2D eigenvalue weighted by molar-refractivity contribution is -0.146. The lowest BCUT2D eigenvalue weighted by Gasteiger charge is -2.23. The summed E-state index contributed by atoms with van der Waals surface area (Å²) in [5, 5.41) is 0.